The third-order valence-corrected chi connectivity index (χ3v) is 10.8. The summed E-state index contributed by atoms with van der Waals surface area (Å²) in [5, 5.41) is 11.2. The number of benzene rings is 1. The summed E-state index contributed by atoms with van der Waals surface area (Å²) in [6, 6.07) is 4.44. The fourth-order valence-electron chi connectivity index (χ4n) is 6.62. The first-order valence-corrected chi connectivity index (χ1v) is 14.3. The largest absolute Gasteiger partial charge is 0.299 e. The molecule has 174 valence electrons. The second-order valence-corrected chi connectivity index (χ2v) is 13.3. The van der Waals surface area contributed by atoms with Gasteiger partial charge in [0.25, 0.3) is 0 Å². The van der Waals surface area contributed by atoms with Crippen LogP contribution in [0.2, 0.25) is 5.02 Å². The Balaban J connectivity index is 1.14. The van der Waals surface area contributed by atoms with Gasteiger partial charge >= 0.3 is 0 Å². The summed E-state index contributed by atoms with van der Waals surface area (Å²) in [5.74, 6) is 1.95. The van der Waals surface area contributed by atoms with E-state index >= 15 is 0 Å². The summed E-state index contributed by atoms with van der Waals surface area (Å²) in [4.78, 5) is 2.37. The van der Waals surface area contributed by atoms with Crippen molar-refractivity contribution in [2.24, 2.45) is 5.92 Å². The maximum Gasteiger partial charge on any atom is 0.151 e. The number of piperidine rings is 1. The Kier molecular flexibility index (Phi) is 4.38. The molecule has 2 bridgehead atoms. The minimum absolute atomic E-state index is 0.188. The normalized spacial score (nSPS) is 31.5. The summed E-state index contributed by atoms with van der Waals surface area (Å²) in [5.41, 5.74) is 3.51. The maximum absolute atomic E-state index is 11.9. The van der Waals surface area contributed by atoms with Crippen LogP contribution >= 0.6 is 11.6 Å². The van der Waals surface area contributed by atoms with Crippen molar-refractivity contribution in [1.82, 2.24) is 24.5 Å². The molecule has 7 nitrogen and oxygen atoms in total. The van der Waals surface area contributed by atoms with Crippen molar-refractivity contribution in [2.45, 2.75) is 56.0 Å². The molecular formula is C24H28ClN5O2S. The lowest BCUT2D eigenvalue weighted by Gasteiger charge is -2.61. The minimum Gasteiger partial charge on any atom is -0.299 e. The molecule has 4 heterocycles. The van der Waals surface area contributed by atoms with E-state index < -0.39 is 9.84 Å². The zero-order valence-corrected chi connectivity index (χ0v) is 20.1. The molecule has 0 unspecified atom stereocenters. The number of likely N-dealkylation sites (tertiary alicyclic amines) is 1. The van der Waals surface area contributed by atoms with Gasteiger partial charge in [-0.05, 0) is 81.1 Å². The second-order valence-electron chi connectivity index (χ2n) is 10.7. The lowest BCUT2D eigenvalue weighted by molar-refractivity contribution is -0.0977. The number of aromatic nitrogens is 4. The molecule has 3 aromatic rings. The molecule has 33 heavy (non-hydrogen) atoms. The molecule has 0 radical (unpaired) electrons. The number of sulfone groups is 1. The van der Waals surface area contributed by atoms with Crippen LogP contribution in [0.5, 0.6) is 0 Å². The van der Waals surface area contributed by atoms with Gasteiger partial charge in [-0.25, -0.2) is 13.1 Å². The van der Waals surface area contributed by atoms with Gasteiger partial charge in [0.05, 0.1) is 41.2 Å². The minimum atomic E-state index is -2.85. The SMILES string of the molecule is O=S1(=O)CC[C@@H](N2CCC(c3cc4c(cnn4-c4cnn(C56CC(C5)C6)c4)cc3Cl)CC2)C1. The van der Waals surface area contributed by atoms with Crippen molar-refractivity contribution in [1.29, 1.82) is 0 Å². The van der Waals surface area contributed by atoms with E-state index in [9.17, 15) is 8.42 Å². The standard InChI is InChI=1S/C24H28ClN5O2S/c25-22-7-18-12-27-30(20-13-26-29(14-20)24-9-16(10-24)11-24)23(18)8-21(22)17-1-4-28(5-2-17)19-3-6-33(31,32)15-19/h7-8,12-14,16-17,19H,1-6,9-11,15H2/t16?,19-,24?/m1/s1. The van der Waals surface area contributed by atoms with Gasteiger partial charge in [-0.3, -0.25) is 9.58 Å². The van der Waals surface area contributed by atoms with Gasteiger partial charge in [-0.2, -0.15) is 10.2 Å². The first kappa shape index (κ1) is 20.5. The molecule has 0 amide bonds. The number of hydrogen-bond donors (Lipinski definition) is 0. The first-order valence-electron chi connectivity index (χ1n) is 12.1. The molecule has 5 aliphatic rings. The third-order valence-electron chi connectivity index (χ3n) is 8.69. The van der Waals surface area contributed by atoms with Gasteiger partial charge in [-0.1, -0.05) is 11.6 Å². The van der Waals surface area contributed by atoms with E-state index in [1.807, 2.05) is 23.1 Å². The average Bonchev–Trinajstić information content (AvgIpc) is 3.43. The zero-order valence-electron chi connectivity index (χ0n) is 18.5. The van der Waals surface area contributed by atoms with Crippen LogP contribution in [0.25, 0.3) is 16.6 Å². The molecule has 8 rings (SSSR count). The highest BCUT2D eigenvalue weighted by molar-refractivity contribution is 7.91. The third kappa shape index (κ3) is 3.21. The molecule has 0 N–H and O–H groups in total. The van der Waals surface area contributed by atoms with E-state index in [4.69, 9.17) is 11.6 Å². The van der Waals surface area contributed by atoms with Crippen molar-refractivity contribution in [3.63, 3.8) is 0 Å². The van der Waals surface area contributed by atoms with Gasteiger partial charge in [0, 0.05) is 16.5 Å². The highest BCUT2D eigenvalue weighted by Gasteiger charge is 2.58. The highest BCUT2D eigenvalue weighted by Crippen LogP contribution is 2.62. The van der Waals surface area contributed by atoms with E-state index in [2.05, 4.69) is 32.0 Å². The molecular weight excluding hydrogens is 458 g/mol. The van der Waals surface area contributed by atoms with Gasteiger partial charge in [0.15, 0.2) is 9.84 Å². The Labute approximate surface area is 198 Å². The summed E-state index contributed by atoms with van der Waals surface area (Å²) >= 11 is 6.74. The fourth-order valence-corrected chi connectivity index (χ4v) is 8.70. The molecule has 3 aliphatic carbocycles. The van der Waals surface area contributed by atoms with Gasteiger partial charge in [0.2, 0.25) is 0 Å². The van der Waals surface area contributed by atoms with Crippen LogP contribution < -0.4 is 0 Å². The summed E-state index contributed by atoms with van der Waals surface area (Å²) in [6.45, 7) is 1.85. The van der Waals surface area contributed by atoms with Crippen LogP contribution in [0.3, 0.4) is 0 Å². The first-order chi connectivity index (χ1) is 15.9. The number of fused-ring (bicyclic) bond motifs is 1. The summed E-state index contributed by atoms with van der Waals surface area (Å²) in [6.07, 6.45) is 12.5. The molecule has 1 aromatic carbocycles. The molecule has 0 spiro atoms. The smallest absolute Gasteiger partial charge is 0.151 e. The van der Waals surface area contributed by atoms with Gasteiger partial charge in [0.1, 0.15) is 5.69 Å². The Hall–Kier alpha value is -1.90. The van der Waals surface area contributed by atoms with Crippen LogP contribution in [0.1, 0.15) is 50.0 Å². The van der Waals surface area contributed by atoms with Crippen LogP contribution in [0.15, 0.2) is 30.7 Å². The molecule has 9 heteroatoms. The van der Waals surface area contributed by atoms with E-state index in [0.29, 0.717) is 17.4 Å². The topological polar surface area (TPSA) is 73.0 Å². The van der Waals surface area contributed by atoms with Crippen molar-refractivity contribution in [2.75, 3.05) is 24.6 Å². The van der Waals surface area contributed by atoms with Crippen molar-refractivity contribution >= 4 is 32.3 Å². The van der Waals surface area contributed by atoms with Gasteiger partial charge < -0.3 is 0 Å². The summed E-state index contributed by atoms with van der Waals surface area (Å²) in [7, 11) is -2.85. The molecule has 2 aliphatic heterocycles. The van der Waals surface area contributed by atoms with Crippen LogP contribution in [0, 0.1) is 5.92 Å². The Bertz CT molecular complexity index is 1340. The predicted octanol–water partition coefficient (Wildman–Crippen LogP) is 3.75. The maximum atomic E-state index is 11.9. The van der Waals surface area contributed by atoms with Crippen molar-refractivity contribution in [3.8, 4) is 5.69 Å². The van der Waals surface area contributed by atoms with Crippen LogP contribution in [-0.4, -0.2) is 63.5 Å². The second kappa shape index (κ2) is 7.06. The van der Waals surface area contributed by atoms with Crippen molar-refractivity contribution < 1.29 is 8.42 Å². The zero-order chi connectivity index (χ0) is 22.4. The Morgan fingerprint density at radius 3 is 2.48 bits per heavy atom. The monoisotopic (exact) mass is 485 g/mol. The van der Waals surface area contributed by atoms with Gasteiger partial charge in [-0.15, -0.1) is 0 Å². The lowest BCUT2D eigenvalue weighted by Crippen LogP contribution is -2.59. The Morgan fingerprint density at radius 1 is 1.03 bits per heavy atom. The number of rotatable bonds is 4. The molecule has 2 saturated heterocycles. The van der Waals surface area contributed by atoms with E-state index in [0.717, 1.165) is 59.9 Å². The lowest BCUT2D eigenvalue weighted by atomic mass is 9.50. The molecule has 5 fully saturated rings. The van der Waals surface area contributed by atoms with Crippen LogP contribution in [-0.2, 0) is 15.4 Å². The number of halogens is 1. The van der Waals surface area contributed by atoms with E-state index in [1.54, 1.807) is 0 Å². The number of nitrogens with zero attached hydrogens (tertiary/aromatic N) is 5. The molecule has 3 saturated carbocycles. The molecule has 1 atom stereocenters. The van der Waals surface area contributed by atoms with E-state index in [-0.39, 0.29) is 11.6 Å². The van der Waals surface area contributed by atoms with Crippen molar-refractivity contribution in [3.05, 3.63) is 41.3 Å². The van der Waals surface area contributed by atoms with Crippen LogP contribution in [0.4, 0.5) is 0 Å². The Morgan fingerprint density at radius 2 is 1.82 bits per heavy atom. The average molecular weight is 486 g/mol. The number of hydrogen-bond acceptors (Lipinski definition) is 5. The summed E-state index contributed by atoms with van der Waals surface area (Å²) < 4.78 is 27.9. The quantitative estimate of drug-likeness (QED) is 0.562. The van der Waals surface area contributed by atoms with E-state index in [1.165, 1.54) is 24.8 Å². The highest BCUT2D eigenvalue weighted by atomic mass is 35.5. The fraction of sp³-hybridized carbons (Fsp3) is 0.583. The molecule has 2 aromatic heterocycles. The predicted molar refractivity (Wildman–Crippen MR) is 128 cm³/mol.